The van der Waals surface area contributed by atoms with Gasteiger partial charge in [0.2, 0.25) is 10.0 Å². The van der Waals surface area contributed by atoms with Gasteiger partial charge in [-0.15, -0.1) is 11.3 Å². The van der Waals surface area contributed by atoms with E-state index in [9.17, 15) is 8.42 Å². The highest BCUT2D eigenvalue weighted by Gasteiger charge is 2.18. The Bertz CT molecular complexity index is 663. The summed E-state index contributed by atoms with van der Waals surface area (Å²) in [4.78, 5) is 0.922. The third-order valence-electron chi connectivity index (χ3n) is 2.80. The van der Waals surface area contributed by atoms with Crippen LogP contribution in [0.2, 0.25) is 0 Å². The minimum Gasteiger partial charge on any atom is -0.497 e. The predicted octanol–water partition coefficient (Wildman–Crippen LogP) is 1.69. The molecule has 1 aromatic carbocycles. The van der Waals surface area contributed by atoms with Gasteiger partial charge in [0, 0.05) is 18.0 Å². The Morgan fingerprint density at radius 2 is 1.95 bits per heavy atom. The molecule has 2 rings (SSSR count). The summed E-state index contributed by atoms with van der Waals surface area (Å²) >= 11 is 1.34. The number of nitrogens with two attached hydrogens (primary N) is 1. The van der Waals surface area contributed by atoms with E-state index in [0.29, 0.717) is 4.88 Å². The van der Waals surface area contributed by atoms with Crippen molar-refractivity contribution in [1.82, 2.24) is 4.72 Å². The number of hydrogen-bond donors (Lipinski definition) is 2. The number of hydrogen-bond acceptors (Lipinski definition) is 5. The van der Waals surface area contributed by atoms with Crippen LogP contribution < -0.4 is 15.2 Å². The van der Waals surface area contributed by atoms with Crippen LogP contribution in [0.1, 0.15) is 10.4 Å². The number of rotatable bonds is 6. The molecule has 0 spiro atoms. The van der Waals surface area contributed by atoms with Gasteiger partial charge in [0.05, 0.1) is 12.0 Å². The molecule has 0 unspecified atom stereocenters. The minimum atomic E-state index is -3.52. The van der Waals surface area contributed by atoms with E-state index in [1.807, 2.05) is 12.1 Å². The third-order valence-corrected chi connectivity index (χ3v) is 5.36. The zero-order valence-electron chi connectivity index (χ0n) is 11.0. The van der Waals surface area contributed by atoms with E-state index in [0.717, 1.165) is 11.3 Å². The third kappa shape index (κ3) is 3.37. The molecule has 20 heavy (non-hydrogen) atoms. The summed E-state index contributed by atoms with van der Waals surface area (Å²) in [5, 5.41) is 1.73. The lowest BCUT2D eigenvalue weighted by molar-refractivity contribution is 0.414. The molecular formula is C13H16N2O3S2. The Hall–Kier alpha value is -1.41. The number of thiophene rings is 1. The average molecular weight is 312 g/mol. The van der Waals surface area contributed by atoms with Gasteiger partial charge in [0.25, 0.3) is 0 Å². The maximum atomic E-state index is 12.2. The summed E-state index contributed by atoms with van der Waals surface area (Å²) < 4.78 is 32.0. The van der Waals surface area contributed by atoms with Gasteiger partial charge in [-0.1, -0.05) is 12.1 Å². The Labute approximate surface area is 122 Å². The van der Waals surface area contributed by atoms with Gasteiger partial charge in [-0.25, -0.2) is 13.1 Å². The number of methoxy groups -OCH3 is 1. The normalized spacial score (nSPS) is 11.5. The largest absolute Gasteiger partial charge is 0.497 e. The Balaban J connectivity index is 2.09. The van der Waals surface area contributed by atoms with Crippen LogP contribution in [0.4, 0.5) is 0 Å². The van der Waals surface area contributed by atoms with E-state index in [1.165, 1.54) is 11.3 Å². The molecule has 1 aromatic heterocycles. The minimum absolute atomic E-state index is 0.219. The number of sulfonamides is 1. The molecule has 3 N–H and O–H groups in total. The zero-order chi connectivity index (χ0) is 14.6. The van der Waals surface area contributed by atoms with Gasteiger partial charge in [-0.05, 0) is 29.1 Å². The van der Waals surface area contributed by atoms with Gasteiger partial charge in [0.1, 0.15) is 5.75 Å². The van der Waals surface area contributed by atoms with Crippen molar-refractivity contribution in [2.45, 2.75) is 18.0 Å². The van der Waals surface area contributed by atoms with Crippen molar-refractivity contribution in [1.29, 1.82) is 0 Å². The Morgan fingerprint density at radius 3 is 2.55 bits per heavy atom. The van der Waals surface area contributed by atoms with Crippen molar-refractivity contribution in [3.05, 3.63) is 46.2 Å². The smallest absolute Gasteiger partial charge is 0.242 e. The van der Waals surface area contributed by atoms with Crippen LogP contribution in [-0.4, -0.2) is 15.5 Å². The van der Waals surface area contributed by atoms with Gasteiger partial charge >= 0.3 is 0 Å². The number of ether oxygens (including phenoxy) is 1. The Morgan fingerprint density at radius 1 is 1.25 bits per heavy atom. The fourth-order valence-electron chi connectivity index (χ4n) is 1.72. The SMILES string of the molecule is COc1ccc(CNS(=O)(=O)c2ccsc2CN)cc1. The highest BCUT2D eigenvalue weighted by molar-refractivity contribution is 7.89. The molecule has 0 bridgehead atoms. The predicted molar refractivity (Wildman–Crippen MR) is 79.2 cm³/mol. The zero-order valence-corrected chi connectivity index (χ0v) is 12.6. The van der Waals surface area contributed by atoms with E-state index < -0.39 is 10.0 Å². The highest BCUT2D eigenvalue weighted by atomic mass is 32.2. The maximum Gasteiger partial charge on any atom is 0.242 e. The van der Waals surface area contributed by atoms with Crippen molar-refractivity contribution in [3.63, 3.8) is 0 Å². The van der Waals surface area contributed by atoms with Crippen LogP contribution in [0.15, 0.2) is 40.6 Å². The van der Waals surface area contributed by atoms with Crippen LogP contribution in [0.5, 0.6) is 5.75 Å². The van der Waals surface area contributed by atoms with Crippen molar-refractivity contribution in [2.75, 3.05) is 7.11 Å². The van der Waals surface area contributed by atoms with Crippen LogP contribution in [0.3, 0.4) is 0 Å². The fourth-order valence-corrected chi connectivity index (χ4v) is 4.07. The molecule has 2 aromatic rings. The van der Waals surface area contributed by atoms with Gasteiger partial charge in [-0.3, -0.25) is 0 Å². The summed E-state index contributed by atoms with van der Waals surface area (Å²) in [7, 11) is -1.94. The summed E-state index contributed by atoms with van der Waals surface area (Å²) in [6.45, 7) is 0.447. The van der Waals surface area contributed by atoms with Crippen LogP contribution in [-0.2, 0) is 23.1 Å². The molecule has 0 aliphatic heterocycles. The first-order chi connectivity index (χ1) is 9.56. The molecule has 0 aliphatic rings. The number of nitrogens with one attached hydrogen (secondary N) is 1. The molecular weight excluding hydrogens is 296 g/mol. The van der Waals surface area contributed by atoms with Crippen LogP contribution in [0, 0.1) is 0 Å². The van der Waals surface area contributed by atoms with Gasteiger partial charge < -0.3 is 10.5 Å². The van der Waals surface area contributed by atoms with E-state index in [2.05, 4.69) is 4.72 Å². The van der Waals surface area contributed by atoms with Gasteiger partial charge in [0.15, 0.2) is 0 Å². The van der Waals surface area contributed by atoms with E-state index >= 15 is 0 Å². The summed E-state index contributed by atoms with van der Waals surface area (Å²) in [5.41, 5.74) is 6.40. The highest BCUT2D eigenvalue weighted by Crippen LogP contribution is 2.21. The van der Waals surface area contributed by atoms with Crippen molar-refractivity contribution < 1.29 is 13.2 Å². The molecule has 0 saturated carbocycles. The second-order valence-corrected chi connectivity index (χ2v) is 6.82. The molecule has 0 radical (unpaired) electrons. The first-order valence-electron chi connectivity index (χ1n) is 5.96. The molecule has 1 heterocycles. The molecule has 5 nitrogen and oxygen atoms in total. The number of benzene rings is 1. The molecule has 0 atom stereocenters. The average Bonchev–Trinajstić information content (AvgIpc) is 2.95. The topological polar surface area (TPSA) is 81.4 Å². The second-order valence-electron chi connectivity index (χ2n) is 4.08. The Kier molecular flexibility index (Phi) is 4.77. The molecule has 0 amide bonds. The lowest BCUT2D eigenvalue weighted by Gasteiger charge is -2.07. The van der Waals surface area contributed by atoms with Crippen LogP contribution in [0.25, 0.3) is 0 Å². The first kappa shape index (κ1) is 15.0. The quantitative estimate of drug-likeness (QED) is 0.850. The maximum absolute atomic E-state index is 12.2. The van der Waals surface area contributed by atoms with Gasteiger partial charge in [-0.2, -0.15) is 0 Å². The monoisotopic (exact) mass is 312 g/mol. The lowest BCUT2D eigenvalue weighted by atomic mass is 10.2. The van der Waals surface area contributed by atoms with Crippen molar-refractivity contribution in [2.24, 2.45) is 5.73 Å². The second kappa shape index (κ2) is 6.36. The summed E-state index contributed by atoms with van der Waals surface area (Å²) in [5.74, 6) is 0.736. The molecule has 0 aliphatic carbocycles. The van der Waals surface area contributed by atoms with E-state index in [4.69, 9.17) is 10.5 Å². The van der Waals surface area contributed by atoms with Crippen molar-refractivity contribution in [3.8, 4) is 5.75 Å². The standard InChI is InChI=1S/C13H16N2O3S2/c1-18-11-4-2-10(3-5-11)9-15-20(16,17)13-6-7-19-12(13)8-14/h2-7,15H,8-9,14H2,1H3. The molecule has 108 valence electrons. The molecule has 0 saturated heterocycles. The molecule has 0 fully saturated rings. The molecule has 7 heteroatoms. The summed E-state index contributed by atoms with van der Waals surface area (Å²) in [6.07, 6.45) is 0. The van der Waals surface area contributed by atoms with Crippen LogP contribution >= 0.6 is 11.3 Å². The fraction of sp³-hybridized carbons (Fsp3) is 0.231. The van der Waals surface area contributed by atoms with E-state index in [1.54, 1.807) is 30.7 Å². The van der Waals surface area contributed by atoms with E-state index in [-0.39, 0.29) is 18.0 Å². The lowest BCUT2D eigenvalue weighted by Crippen LogP contribution is -2.24. The first-order valence-corrected chi connectivity index (χ1v) is 8.32. The van der Waals surface area contributed by atoms with Crippen molar-refractivity contribution >= 4 is 21.4 Å². The summed E-state index contributed by atoms with van der Waals surface area (Å²) in [6, 6.07) is 8.79.